The lowest BCUT2D eigenvalue weighted by Crippen LogP contribution is -2.75. The van der Waals surface area contributed by atoms with E-state index in [0.29, 0.717) is 51.4 Å². The van der Waals surface area contributed by atoms with Gasteiger partial charge in [-0.1, -0.05) is 48.5 Å². The van der Waals surface area contributed by atoms with Crippen molar-refractivity contribution >= 4 is 0 Å². The molecule has 86 heavy (non-hydrogen) atoms. The molecular formula is C58H96O28. The van der Waals surface area contributed by atoms with Crippen LogP contribution in [0.1, 0.15) is 106 Å². The van der Waals surface area contributed by atoms with Crippen LogP contribution in [0.2, 0.25) is 0 Å². The first-order valence-corrected chi connectivity index (χ1v) is 30.8. The molecular weight excluding hydrogens is 1140 g/mol. The first-order chi connectivity index (χ1) is 40.3. The van der Waals surface area contributed by atoms with Gasteiger partial charge in [-0.05, 0) is 91.3 Å². The van der Waals surface area contributed by atoms with Gasteiger partial charge in [0.05, 0.1) is 62.4 Å². The molecule has 28 nitrogen and oxygen atoms in total. The van der Waals surface area contributed by atoms with Gasteiger partial charge in [0, 0.05) is 11.3 Å². The van der Waals surface area contributed by atoms with E-state index >= 15 is 0 Å². The van der Waals surface area contributed by atoms with E-state index in [1.54, 1.807) is 0 Å². The fourth-order valence-electron chi connectivity index (χ4n) is 19.2. The molecule has 28 heteroatoms. The van der Waals surface area contributed by atoms with Crippen molar-refractivity contribution in [2.75, 3.05) is 33.0 Å². The second-order valence-corrected chi connectivity index (χ2v) is 29.2. The molecule has 6 saturated heterocycles. The molecule has 17 N–H and O–H groups in total. The number of hydrogen-bond acceptors (Lipinski definition) is 28. The van der Waals surface area contributed by atoms with Crippen LogP contribution in [0.25, 0.3) is 0 Å². The molecule has 11 aliphatic rings. The Hall–Kier alpha value is -1.12. The van der Waals surface area contributed by atoms with Crippen LogP contribution in [0.5, 0.6) is 0 Å². The topological polar surface area (TPSA) is 445 Å². The summed E-state index contributed by atoms with van der Waals surface area (Å²) in [4.78, 5) is 0. The molecule has 5 saturated carbocycles. The van der Waals surface area contributed by atoms with Crippen LogP contribution in [0, 0.1) is 50.2 Å². The number of aliphatic hydroxyl groups is 17. The van der Waals surface area contributed by atoms with E-state index < -0.39 is 238 Å². The largest absolute Gasteiger partial charge is 0.394 e. The van der Waals surface area contributed by atoms with E-state index in [0.717, 1.165) is 0 Å². The lowest BCUT2D eigenvalue weighted by molar-refractivity contribution is -0.392. The molecule has 1 spiro atoms. The van der Waals surface area contributed by atoms with Gasteiger partial charge in [0.15, 0.2) is 37.7 Å². The minimum atomic E-state index is -1.94. The average molecular weight is 1240 g/mol. The minimum Gasteiger partial charge on any atom is -0.394 e. The van der Waals surface area contributed by atoms with Gasteiger partial charge in [0.1, 0.15) is 110 Å². The van der Waals surface area contributed by atoms with Gasteiger partial charge in [-0.3, -0.25) is 0 Å². The Morgan fingerprint density at radius 2 is 0.953 bits per heavy atom. The van der Waals surface area contributed by atoms with Crippen molar-refractivity contribution in [3.8, 4) is 0 Å². The fourth-order valence-corrected chi connectivity index (χ4v) is 19.2. The van der Waals surface area contributed by atoms with E-state index in [9.17, 15) is 86.8 Å². The lowest BCUT2D eigenvalue weighted by Gasteiger charge is -2.75. The molecule has 0 unspecified atom stereocenters. The van der Waals surface area contributed by atoms with Crippen LogP contribution in [-0.4, -0.2) is 291 Å². The van der Waals surface area contributed by atoms with Gasteiger partial charge in [-0.25, -0.2) is 0 Å². The molecule has 6 heterocycles. The van der Waals surface area contributed by atoms with Crippen molar-refractivity contribution in [2.45, 2.75) is 278 Å². The maximum absolute atomic E-state index is 13.0. The molecule has 0 aromatic rings. The van der Waals surface area contributed by atoms with Gasteiger partial charge in [0.25, 0.3) is 0 Å². The summed E-state index contributed by atoms with van der Waals surface area (Å²) in [6, 6.07) is 0. The predicted octanol–water partition coefficient (Wildman–Crippen LogP) is -4.96. The number of rotatable bonds is 13. The highest BCUT2D eigenvalue weighted by atomic mass is 16.8. The van der Waals surface area contributed by atoms with E-state index in [2.05, 4.69) is 48.5 Å². The first-order valence-electron chi connectivity index (χ1n) is 30.8. The number of fused-ring (bicyclic) bond motifs is 4. The number of aliphatic hydroxyl groups excluding tert-OH is 17. The molecule has 5 aliphatic carbocycles. The second kappa shape index (κ2) is 23.7. The molecule has 0 aromatic carbocycles. The van der Waals surface area contributed by atoms with E-state index in [1.807, 2.05) is 0 Å². The summed E-state index contributed by atoms with van der Waals surface area (Å²) in [7, 11) is 0. The third kappa shape index (κ3) is 10.1. The number of ether oxygens (including phenoxy) is 11. The molecule has 0 radical (unpaired) electrons. The van der Waals surface area contributed by atoms with Crippen LogP contribution < -0.4 is 0 Å². The third-order valence-corrected chi connectivity index (χ3v) is 24.0. The SMILES string of the molecule is CC1(C)C[C@@H](O[C@@H]2O[C@@H](CO)[C@H](O)[C@@H](O)[C@H]2O)[C@@]23[C@@H](O)C[C@]4(C)[C@@](CC[C@H]5[C@@]6(C)CC[C@@H](O[C@H]7OC[C@H](O[C@@H]8O[C@@H](CO)[C@@H](O)[C@@H](O)[C@H]8O[C@@H]8OC[C@@H](O)[C@H](O)[C@@H]8O)[C@H](O)[C@H]7O[C@H]7O[C@H](CO)[C@@H](O)[C@H](O)[C@H]7O)C(C)(C)[C@H]6CC[C@]54C)(O[C@@H]2O)[C@H]3C1. The quantitative estimate of drug-likeness (QED) is 0.0768. The van der Waals surface area contributed by atoms with Gasteiger partial charge in [0.2, 0.25) is 0 Å². The highest BCUT2D eigenvalue weighted by molar-refractivity contribution is 5.30. The van der Waals surface area contributed by atoms with Crippen molar-refractivity contribution < 1.29 is 139 Å². The van der Waals surface area contributed by atoms with Crippen molar-refractivity contribution in [3.63, 3.8) is 0 Å². The monoisotopic (exact) mass is 1240 g/mol. The zero-order chi connectivity index (χ0) is 62.5. The molecule has 496 valence electrons. The Labute approximate surface area is 498 Å². The number of hydrogen-bond donors (Lipinski definition) is 17. The summed E-state index contributed by atoms with van der Waals surface area (Å²) in [5.41, 5.74) is -4.95. The zero-order valence-electron chi connectivity index (χ0n) is 49.8. The second-order valence-electron chi connectivity index (χ2n) is 29.2. The van der Waals surface area contributed by atoms with Crippen LogP contribution in [0.3, 0.4) is 0 Å². The van der Waals surface area contributed by atoms with Gasteiger partial charge in [-0.15, -0.1) is 0 Å². The Balaban J connectivity index is 0.845. The Morgan fingerprint density at radius 3 is 1.57 bits per heavy atom. The van der Waals surface area contributed by atoms with Crippen molar-refractivity contribution in [2.24, 2.45) is 50.2 Å². The van der Waals surface area contributed by atoms with Gasteiger partial charge in [-0.2, -0.15) is 0 Å². The fraction of sp³-hybridized carbons (Fsp3) is 1.00. The van der Waals surface area contributed by atoms with Gasteiger partial charge >= 0.3 is 0 Å². The molecule has 11 rings (SSSR count). The molecule has 0 aromatic heterocycles. The average Bonchev–Trinajstić information content (AvgIpc) is 1.34. The summed E-state index contributed by atoms with van der Waals surface area (Å²) in [5, 5.41) is 187. The Morgan fingerprint density at radius 1 is 0.430 bits per heavy atom. The summed E-state index contributed by atoms with van der Waals surface area (Å²) in [6.45, 7) is 12.0. The smallest absolute Gasteiger partial charge is 0.187 e. The Kier molecular flexibility index (Phi) is 18.3. The zero-order valence-corrected chi connectivity index (χ0v) is 49.8. The van der Waals surface area contributed by atoms with E-state index in [-0.39, 0.29) is 23.7 Å². The molecule has 0 amide bonds. The van der Waals surface area contributed by atoms with Crippen LogP contribution in [0.4, 0.5) is 0 Å². The third-order valence-electron chi connectivity index (χ3n) is 24.0. The normalized spacial score (nSPS) is 57.8. The van der Waals surface area contributed by atoms with Crippen LogP contribution in [-0.2, 0) is 52.1 Å². The summed E-state index contributed by atoms with van der Waals surface area (Å²) in [5.74, 6) is -0.391. The maximum Gasteiger partial charge on any atom is 0.187 e. The predicted molar refractivity (Wildman–Crippen MR) is 285 cm³/mol. The molecule has 2 bridgehead atoms. The van der Waals surface area contributed by atoms with Crippen molar-refractivity contribution in [1.29, 1.82) is 0 Å². The molecule has 11 fully saturated rings. The van der Waals surface area contributed by atoms with Crippen molar-refractivity contribution in [3.05, 3.63) is 0 Å². The van der Waals surface area contributed by atoms with Crippen LogP contribution >= 0.6 is 0 Å². The van der Waals surface area contributed by atoms with Crippen molar-refractivity contribution in [1.82, 2.24) is 0 Å². The van der Waals surface area contributed by atoms with E-state index in [4.69, 9.17) is 52.1 Å². The van der Waals surface area contributed by atoms with E-state index in [1.165, 1.54) is 0 Å². The summed E-state index contributed by atoms with van der Waals surface area (Å²) < 4.78 is 68.4. The highest BCUT2D eigenvalue weighted by Gasteiger charge is 2.84. The lowest BCUT2D eigenvalue weighted by atomic mass is 9.30. The minimum absolute atomic E-state index is 0.0100. The standard InChI is InChI=1S/C58H96O28/c1-52(2)14-29-57-13-9-28-54(5)11-10-31(53(3,4)27(54)8-12-55(28,6)56(57,7)15-30(63)58(29,51(75)86-57)32(16-52)83-47-42(73)38(69)34(65)23(17-59)78-47)82-49-44(85-48-43(74)39(70)35(66)24(18-60)79-48)37(68)26(21-77-49)81-50-45(40(71)36(67)25(19-61)80-50)84-46-41(72)33(64)22(62)20-76-46/h22-51,59-75H,8-21H2,1-7H3/t22-,23+,24-,25+,26+,27-,28+,29-,30+,31-,32-,33+,34+,35-,36-,37+,38-,39+,40-,41+,42-,43-,44-,45-,46+,47+,48-,49-,50+,51+,54+,55-,56+,57+,58-/m1/s1. The van der Waals surface area contributed by atoms with Gasteiger partial charge < -0.3 is 139 Å². The Bertz CT molecular complexity index is 2360. The maximum atomic E-state index is 13.0. The highest BCUT2D eigenvalue weighted by Crippen LogP contribution is 2.81. The first kappa shape index (κ1) is 66.3. The molecule has 6 aliphatic heterocycles. The van der Waals surface area contributed by atoms with Crippen LogP contribution in [0.15, 0.2) is 0 Å². The molecule has 35 atom stereocenters. The summed E-state index contributed by atoms with van der Waals surface area (Å²) >= 11 is 0. The summed E-state index contributed by atoms with van der Waals surface area (Å²) in [6.07, 6.45) is -37.8.